The highest BCUT2D eigenvalue weighted by atomic mass is 19.4. The highest BCUT2D eigenvalue weighted by molar-refractivity contribution is 5.74. The first-order valence-electron chi connectivity index (χ1n) is 8.21. The number of halogens is 4. The number of rotatable bonds is 2. The third-order valence-corrected chi connectivity index (χ3v) is 4.82. The van der Waals surface area contributed by atoms with Crippen molar-refractivity contribution in [3.63, 3.8) is 0 Å². The Morgan fingerprint density at radius 2 is 2.07 bits per heavy atom. The van der Waals surface area contributed by atoms with Crippen molar-refractivity contribution in [3.8, 4) is 0 Å². The molecule has 0 spiro atoms. The Labute approximate surface area is 150 Å². The van der Waals surface area contributed by atoms with Crippen LogP contribution in [0.25, 0.3) is 11.0 Å². The van der Waals surface area contributed by atoms with Gasteiger partial charge in [-0.05, 0) is 17.7 Å². The van der Waals surface area contributed by atoms with E-state index < -0.39 is 23.0 Å². The van der Waals surface area contributed by atoms with Gasteiger partial charge in [-0.25, -0.2) is 4.39 Å². The second kappa shape index (κ2) is 5.80. The molecule has 6 nitrogen and oxygen atoms in total. The summed E-state index contributed by atoms with van der Waals surface area (Å²) in [6.45, 7) is -0.000345. The first-order valence-corrected chi connectivity index (χ1v) is 8.21. The van der Waals surface area contributed by atoms with Crippen LogP contribution < -0.4 is 10.5 Å². The third kappa shape index (κ3) is 2.94. The number of hydrogen-bond donors (Lipinski definition) is 1. The molecule has 4 rings (SSSR count). The van der Waals surface area contributed by atoms with E-state index in [9.17, 15) is 18.0 Å². The lowest BCUT2D eigenvalue weighted by Gasteiger charge is -2.22. The number of fused-ring (bicyclic) bond motifs is 1. The molecule has 0 aliphatic carbocycles. The molecular weight excluding hydrogens is 366 g/mol. The number of aromatic amines is 1. The van der Waals surface area contributed by atoms with Gasteiger partial charge in [0.15, 0.2) is 11.3 Å². The van der Waals surface area contributed by atoms with Gasteiger partial charge in [-0.2, -0.15) is 23.3 Å². The van der Waals surface area contributed by atoms with Crippen LogP contribution in [0.15, 0.2) is 35.3 Å². The molecule has 1 saturated heterocycles. The van der Waals surface area contributed by atoms with Gasteiger partial charge in [0, 0.05) is 20.0 Å². The summed E-state index contributed by atoms with van der Waals surface area (Å²) in [5, 5.41) is 4.28. The predicted molar refractivity (Wildman–Crippen MR) is 90.2 cm³/mol. The minimum atomic E-state index is -4.54. The van der Waals surface area contributed by atoms with E-state index in [0.29, 0.717) is 11.0 Å². The summed E-state index contributed by atoms with van der Waals surface area (Å²) >= 11 is 0. The van der Waals surface area contributed by atoms with Gasteiger partial charge in [0.1, 0.15) is 5.39 Å². The molecule has 1 aliphatic heterocycles. The zero-order valence-electron chi connectivity index (χ0n) is 14.2. The fourth-order valence-electron chi connectivity index (χ4n) is 3.33. The summed E-state index contributed by atoms with van der Waals surface area (Å²) in [6, 6.07) is 4.29. The van der Waals surface area contributed by atoms with Gasteiger partial charge >= 0.3 is 6.18 Å². The molecule has 0 amide bonds. The lowest BCUT2D eigenvalue weighted by molar-refractivity contribution is -0.137. The van der Waals surface area contributed by atoms with Crippen molar-refractivity contribution in [2.24, 2.45) is 7.05 Å². The predicted octanol–water partition coefficient (Wildman–Crippen LogP) is 2.75. The van der Waals surface area contributed by atoms with Crippen LogP contribution >= 0.6 is 0 Å². The summed E-state index contributed by atoms with van der Waals surface area (Å²) in [5.74, 6) is 0.169. The first kappa shape index (κ1) is 17.5. The van der Waals surface area contributed by atoms with E-state index in [1.807, 2.05) is 0 Å². The van der Waals surface area contributed by atoms with Crippen molar-refractivity contribution in [2.75, 3.05) is 18.0 Å². The van der Waals surface area contributed by atoms with Gasteiger partial charge in [-0.15, -0.1) is 0 Å². The van der Waals surface area contributed by atoms with Gasteiger partial charge in [0.05, 0.1) is 18.3 Å². The summed E-state index contributed by atoms with van der Waals surface area (Å²) < 4.78 is 55.7. The molecule has 1 atom stereocenters. The highest BCUT2D eigenvalue weighted by Gasteiger charge is 2.42. The maximum absolute atomic E-state index is 15.4. The number of nitrogens with one attached hydrogen (secondary N) is 1. The Morgan fingerprint density at radius 1 is 1.30 bits per heavy atom. The molecule has 2 aromatic heterocycles. The molecular formula is C17H15F4N5O. The number of aryl methyl sites for hydroxylation is 1. The fourth-order valence-corrected chi connectivity index (χ4v) is 3.33. The maximum Gasteiger partial charge on any atom is 0.416 e. The minimum Gasteiger partial charge on any atom is -0.339 e. The van der Waals surface area contributed by atoms with Crippen molar-refractivity contribution < 1.29 is 17.6 Å². The average Bonchev–Trinajstić information content (AvgIpc) is 3.19. The Bertz CT molecular complexity index is 1070. The number of aromatic nitrogens is 4. The highest BCUT2D eigenvalue weighted by Crippen LogP contribution is 2.39. The van der Waals surface area contributed by atoms with E-state index in [1.165, 1.54) is 27.9 Å². The Morgan fingerprint density at radius 3 is 2.81 bits per heavy atom. The van der Waals surface area contributed by atoms with Gasteiger partial charge in [-0.1, -0.05) is 12.1 Å². The molecule has 3 aromatic rings. The normalized spacial score (nSPS) is 20.6. The monoisotopic (exact) mass is 381 g/mol. The summed E-state index contributed by atoms with van der Waals surface area (Å²) in [6.07, 6.45) is -3.17. The van der Waals surface area contributed by atoms with Gasteiger partial charge in [0.25, 0.3) is 5.56 Å². The molecule has 0 bridgehead atoms. The molecule has 1 aliphatic rings. The van der Waals surface area contributed by atoms with E-state index in [4.69, 9.17) is 0 Å². The minimum absolute atomic E-state index is 0.0125. The van der Waals surface area contributed by atoms with Crippen molar-refractivity contribution >= 4 is 17.0 Å². The molecule has 27 heavy (non-hydrogen) atoms. The number of H-pyrrole nitrogens is 1. The third-order valence-electron chi connectivity index (χ3n) is 4.82. The molecule has 3 heterocycles. The SMILES string of the molecule is Cn1ncc2c(=O)[nH]c(N3CCC(F)(c4cccc(C(F)(F)F)c4)C3)nc21. The maximum atomic E-state index is 15.4. The zero-order chi connectivity index (χ0) is 19.4. The van der Waals surface area contributed by atoms with Crippen LogP contribution in [0, 0.1) is 0 Å². The number of hydrogen-bond acceptors (Lipinski definition) is 4. The van der Waals surface area contributed by atoms with E-state index in [-0.39, 0.29) is 31.0 Å². The van der Waals surface area contributed by atoms with Crippen LogP contribution in [-0.4, -0.2) is 32.8 Å². The van der Waals surface area contributed by atoms with Crippen LogP contribution in [0.4, 0.5) is 23.5 Å². The van der Waals surface area contributed by atoms with Crippen LogP contribution in [-0.2, 0) is 18.9 Å². The quantitative estimate of drug-likeness (QED) is 0.694. The summed E-state index contributed by atoms with van der Waals surface area (Å²) in [7, 11) is 1.63. The van der Waals surface area contributed by atoms with Gasteiger partial charge < -0.3 is 4.90 Å². The standard InChI is InChI=1S/C17H15F4N5O/c1-25-13-12(8-22-25)14(27)24-15(23-13)26-6-5-16(18,9-26)10-3-2-4-11(7-10)17(19,20)21/h2-4,7-8H,5-6,9H2,1H3,(H,23,24,27). The van der Waals surface area contributed by atoms with E-state index >= 15 is 4.39 Å². The Kier molecular flexibility index (Phi) is 3.76. The molecule has 0 radical (unpaired) electrons. The van der Waals surface area contributed by atoms with Crippen molar-refractivity contribution in [3.05, 3.63) is 51.9 Å². The Hall–Kier alpha value is -2.91. The number of anilines is 1. The van der Waals surface area contributed by atoms with Crippen LogP contribution in [0.1, 0.15) is 17.5 Å². The molecule has 0 saturated carbocycles. The van der Waals surface area contributed by atoms with Gasteiger partial charge in [-0.3, -0.25) is 14.5 Å². The van der Waals surface area contributed by atoms with E-state index in [1.54, 1.807) is 7.05 Å². The van der Waals surface area contributed by atoms with Crippen LogP contribution in [0.5, 0.6) is 0 Å². The molecule has 1 fully saturated rings. The Balaban J connectivity index is 1.67. The molecule has 1 unspecified atom stereocenters. The van der Waals surface area contributed by atoms with E-state index in [0.717, 1.165) is 12.1 Å². The largest absolute Gasteiger partial charge is 0.416 e. The second-order valence-corrected chi connectivity index (χ2v) is 6.61. The van der Waals surface area contributed by atoms with E-state index in [2.05, 4.69) is 15.1 Å². The number of nitrogens with zero attached hydrogens (tertiary/aromatic N) is 4. The fraction of sp³-hybridized carbons (Fsp3) is 0.353. The second-order valence-electron chi connectivity index (χ2n) is 6.61. The molecule has 142 valence electrons. The molecule has 1 N–H and O–H groups in total. The van der Waals surface area contributed by atoms with Crippen molar-refractivity contribution in [1.82, 2.24) is 19.7 Å². The lowest BCUT2D eigenvalue weighted by atomic mass is 9.93. The van der Waals surface area contributed by atoms with Gasteiger partial charge in [0.2, 0.25) is 5.95 Å². The zero-order valence-corrected chi connectivity index (χ0v) is 14.2. The van der Waals surface area contributed by atoms with Crippen LogP contribution in [0.2, 0.25) is 0 Å². The van der Waals surface area contributed by atoms with Crippen molar-refractivity contribution in [1.29, 1.82) is 0 Å². The topological polar surface area (TPSA) is 66.8 Å². The van der Waals surface area contributed by atoms with Crippen LogP contribution in [0.3, 0.4) is 0 Å². The first-order chi connectivity index (χ1) is 12.7. The number of benzene rings is 1. The molecule has 1 aromatic carbocycles. The summed E-state index contributed by atoms with van der Waals surface area (Å²) in [5.41, 5.74) is -2.95. The smallest absolute Gasteiger partial charge is 0.339 e. The summed E-state index contributed by atoms with van der Waals surface area (Å²) in [4.78, 5) is 20.6. The lowest BCUT2D eigenvalue weighted by Crippen LogP contribution is -2.30. The molecule has 10 heteroatoms. The average molecular weight is 381 g/mol. The van der Waals surface area contributed by atoms with Crippen molar-refractivity contribution in [2.45, 2.75) is 18.3 Å². The number of alkyl halides is 4.